The van der Waals surface area contributed by atoms with Gasteiger partial charge in [0.15, 0.2) is 0 Å². The molecule has 0 saturated heterocycles. The van der Waals surface area contributed by atoms with Gasteiger partial charge in [-0.3, -0.25) is 4.21 Å². The molecule has 0 aromatic carbocycles. The van der Waals surface area contributed by atoms with Gasteiger partial charge in [-0.15, -0.1) is 0 Å². The van der Waals surface area contributed by atoms with E-state index < -0.39 is 10.8 Å². The third kappa shape index (κ3) is 5.72. The Labute approximate surface area is 78.6 Å². The maximum atomic E-state index is 11.0. The van der Waals surface area contributed by atoms with Crippen LogP contribution in [-0.2, 0) is 10.8 Å². The van der Waals surface area contributed by atoms with Crippen LogP contribution < -0.4 is 5.32 Å². The molecule has 3 heteroatoms. The molecule has 0 saturated carbocycles. The average Bonchev–Trinajstić information content (AvgIpc) is 2.03. The fourth-order valence-corrected chi connectivity index (χ4v) is 1.41. The summed E-state index contributed by atoms with van der Waals surface area (Å²) in [4.78, 5) is 0. The van der Waals surface area contributed by atoms with Crippen LogP contribution in [0.5, 0.6) is 0 Å². The first-order chi connectivity index (χ1) is 5.57. The molecule has 2 nitrogen and oxygen atoms in total. The first kappa shape index (κ1) is 12.1. The monoisotopic (exact) mass is 191 g/mol. The van der Waals surface area contributed by atoms with Gasteiger partial charge in [0.1, 0.15) is 0 Å². The van der Waals surface area contributed by atoms with E-state index in [0.717, 1.165) is 18.1 Å². The minimum Gasteiger partial charge on any atom is -0.313 e. The standard InChI is InChI=1S/C9H21NOS/c1-5-12(11)7-6-10-9(4)8(2)3/h8-10H,5-7H2,1-4H3. The van der Waals surface area contributed by atoms with Gasteiger partial charge in [-0.1, -0.05) is 20.8 Å². The van der Waals surface area contributed by atoms with Crippen LogP contribution in [0.4, 0.5) is 0 Å². The highest BCUT2D eigenvalue weighted by Gasteiger charge is 2.05. The van der Waals surface area contributed by atoms with Gasteiger partial charge in [-0.05, 0) is 12.8 Å². The number of hydrogen-bond donors (Lipinski definition) is 1. The smallest absolute Gasteiger partial charge is 0.0360 e. The van der Waals surface area contributed by atoms with Crippen LogP contribution in [0.1, 0.15) is 27.7 Å². The molecule has 12 heavy (non-hydrogen) atoms. The Kier molecular flexibility index (Phi) is 6.67. The Morgan fingerprint density at radius 1 is 1.33 bits per heavy atom. The second-order valence-corrected chi connectivity index (χ2v) is 5.28. The van der Waals surface area contributed by atoms with Gasteiger partial charge in [-0.25, -0.2) is 0 Å². The summed E-state index contributed by atoms with van der Waals surface area (Å²) in [6.07, 6.45) is 0. The predicted molar refractivity (Wildman–Crippen MR) is 55.9 cm³/mol. The van der Waals surface area contributed by atoms with E-state index in [1.807, 2.05) is 6.92 Å². The van der Waals surface area contributed by atoms with Crippen molar-refractivity contribution in [2.24, 2.45) is 5.92 Å². The second-order valence-electron chi connectivity index (χ2n) is 3.42. The lowest BCUT2D eigenvalue weighted by molar-refractivity contribution is 0.438. The molecule has 2 unspecified atom stereocenters. The molecule has 0 aromatic heterocycles. The molecule has 0 fully saturated rings. The van der Waals surface area contributed by atoms with E-state index in [2.05, 4.69) is 26.1 Å². The number of hydrogen-bond acceptors (Lipinski definition) is 2. The molecular formula is C9H21NOS. The fourth-order valence-electron chi connectivity index (χ4n) is 0.780. The second kappa shape index (κ2) is 6.61. The molecule has 0 spiro atoms. The normalized spacial score (nSPS) is 16.4. The minimum absolute atomic E-state index is 0.527. The lowest BCUT2D eigenvalue weighted by atomic mass is 10.1. The Morgan fingerprint density at radius 2 is 1.92 bits per heavy atom. The van der Waals surface area contributed by atoms with Crippen molar-refractivity contribution in [2.45, 2.75) is 33.7 Å². The zero-order chi connectivity index (χ0) is 9.56. The van der Waals surface area contributed by atoms with E-state index in [1.54, 1.807) is 0 Å². The molecule has 0 rings (SSSR count). The molecule has 74 valence electrons. The fraction of sp³-hybridized carbons (Fsp3) is 1.00. The molecule has 0 radical (unpaired) electrons. The summed E-state index contributed by atoms with van der Waals surface area (Å²) in [5.41, 5.74) is 0. The van der Waals surface area contributed by atoms with Gasteiger partial charge in [-0.2, -0.15) is 0 Å². The van der Waals surface area contributed by atoms with Crippen LogP contribution in [0.3, 0.4) is 0 Å². The van der Waals surface area contributed by atoms with Crippen LogP contribution in [0.25, 0.3) is 0 Å². The Hall–Kier alpha value is 0.110. The van der Waals surface area contributed by atoms with Gasteiger partial charge >= 0.3 is 0 Å². The molecule has 0 heterocycles. The first-order valence-electron chi connectivity index (χ1n) is 4.66. The molecule has 2 atom stereocenters. The summed E-state index contributed by atoms with van der Waals surface area (Å²) in [5, 5.41) is 3.35. The first-order valence-corrected chi connectivity index (χ1v) is 6.15. The SMILES string of the molecule is CCS(=O)CCNC(C)C(C)C. The highest BCUT2D eigenvalue weighted by molar-refractivity contribution is 7.84. The molecule has 0 aromatic rings. The van der Waals surface area contributed by atoms with E-state index in [-0.39, 0.29) is 0 Å². The van der Waals surface area contributed by atoms with Gasteiger partial charge in [0.05, 0.1) is 0 Å². The van der Waals surface area contributed by atoms with Gasteiger partial charge in [0, 0.05) is 34.9 Å². The van der Waals surface area contributed by atoms with Crippen LogP contribution in [0, 0.1) is 5.92 Å². The maximum Gasteiger partial charge on any atom is 0.0360 e. The summed E-state index contributed by atoms with van der Waals surface area (Å²) in [6.45, 7) is 9.38. The summed E-state index contributed by atoms with van der Waals surface area (Å²) in [6, 6.07) is 0.527. The van der Waals surface area contributed by atoms with Gasteiger partial charge in [0.2, 0.25) is 0 Å². The Bertz CT molecular complexity index is 136. The van der Waals surface area contributed by atoms with E-state index in [1.165, 1.54) is 0 Å². The molecule has 0 amide bonds. The molecule has 1 N–H and O–H groups in total. The lowest BCUT2D eigenvalue weighted by Crippen LogP contribution is -2.33. The summed E-state index contributed by atoms with van der Waals surface area (Å²) >= 11 is 0. The number of rotatable bonds is 6. The van der Waals surface area contributed by atoms with Crippen LogP contribution in [0.15, 0.2) is 0 Å². The summed E-state index contributed by atoms with van der Waals surface area (Å²) in [7, 11) is -0.619. The topological polar surface area (TPSA) is 29.1 Å². The third-order valence-corrected chi connectivity index (χ3v) is 3.42. The van der Waals surface area contributed by atoms with Crippen molar-refractivity contribution in [3.8, 4) is 0 Å². The van der Waals surface area contributed by atoms with Gasteiger partial charge in [0.25, 0.3) is 0 Å². The summed E-state index contributed by atoms with van der Waals surface area (Å²) < 4.78 is 11.0. The zero-order valence-electron chi connectivity index (χ0n) is 8.59. The zero-order valence-corrected chi connectivity index (χ0v) is 9.41. The van der Waals surface area contributed by atoms with Crippen LogP contribution in [0.2, 0.25) is 0 Å². The quantitative estimate of drug-likeness (QED) is 0.687. The molecule has 0 aliphatic carbocycles. The van der Waals surface area contributed by atoms with Crippen molar-refractivity contribution in [1.82, 2.24) is 5.32 Å². The van der Waals surface area contributed by atoms with E-state index in [4.69, 9.17) is 0 Å². The Morgan fingerprint density at radius 3 is 2.33 bits per heavy atom. The van der Waals surface area contributed by atoms with E-state index >= 15 is 0 Å². The largest absolute Gasteiger partial charge is 0.313 e. The number of nitrogens with one attached hydrogen (secondary N) is 1. The lowest BCUT2D eigenvalue weighted by Gasteiger charge is -2.16. The Balaban J connectivity index is 3.37. The summed E-state index contributed by atoms with van der Waals surface area (Å²) in [5.74, 6) is 2.21. The van der Waals surface area contributed by atoms with Crippen molar-refractivity contribution >= 4 is 10.8 Å². The minimum atomic E-state index is -0.619. The predicted octanol–water partition coefficient (Wildman–Crippen LogP) is 1.39. The van der Waals surface area contributed by atoms with Gasteiger partial charge < -0.3 is 5.32 Å². The van der Waals surface area contributed by atoms with Crippen LogP contribution >= 0.6 is 0 Å². The molecule has 0 bridgehead atoms. The average molecular weight is 191 g/mol. The maximum absolute atomic E-state index is 11.0. The molecule has 0 aliphatic rings. The van der Waals surface area contributed by atoms with Crippen LogP contribution in [-0.4, -0.2) is 28.3 Å². The molecule has 0 aliphatic heterocycles. The third-order valence-electron chi connectivity index (χ3n) is 2.12. The van der Waals surface area contributed by atoms with Crippen molar-refractivity contribution in [1.29, 1.82) is 0 Å². The van der Waals surface area contributed by atoms with Crippen molar-refractivity contribution in [3.63, 3.8) is 0 Å². The van der Waals surface area contributed by atoms with E-state index in [0.29, 0.717) is 12.0 Å². The van der Waals surface area contributed by atoms with E-state index in [9.17, 15) is 4.21 Å². The highest BCUT2D eigenvalue weighted by atomic mass is 32.2. The van der Waals surface area contributed by atoms with Crippen molar-refractivity contribution in [3.05, 3.63) is 0 Å². The van der Waals surface area contributed by atoms with Crippen molar-refractivity contribution < 1.29 is 4.21 Å². The molecular weight excluding hydrogens is 170 g/mol. The van der Waals surface area contributed by atoms with Crippen molar-refractivity contribution in [2.75, 3.05) is 18.1 Å². The highest BCUT2D eigenvalue weighted by Crippen LogP contribution is 1.98.